The Balaban J connectivity index is 1.60. The van der Waals surface area contributed by atoms with E-state index in [0.29, 0.717) is 23.6 Å². The van der Waals surface area contributed by atoms with Gasteiger partial charge in [-0.2, -0.15) is 0 Å². The van der Waals surface area contributed by atoms with Crippen LogP contribution in [0.3, 0.4) is 0 Å². The van der Waals surface area contributed by atoms with Gasteiger partial charge in [0.1, 0.15) is 5.41 Å². The van der Waals surface area contributed by atoms with E-state index in [2.05, 4.69) is 10.6 Å². The molecule has 1 spiro atoms. The Bertz CT molecular complexity index is 1040. The normalized spacial score (nSPS) is 22.2. The van der Waals surface area contributed by atoms with Crippen LogP contribution in [0.15, 0.2) is 77.0 Å². The Morgan fingerprint density at radius 1 is 1.27 bits per heavy atom. The van der Waals surface area contributed by atoms with Crippen molar-refractivity contribution in [2.24, 2.45) is 5.41 Å². The number of nitrogens with one attached hydrogen (secondary N) is 2. The van der Waals surface area contributed by atoms with Gasteiger partial charge in [-0.05, 0) is 55.4 Å². The summed E-state index contributed by atoms with van der Waals surface area (Å²) in [6.07, 6.45) is 11.9. The molecule has 2 aliphatic carbocycles. The van der Waals surface area contributed by atoms with Gasteiger partial charge in [-0.1, -0.05) is 48.0 Å². The van der Waals surface area contributed by atoms with Crippen LogP contribution in [-0.4, -0.2) is 43.9 Å². The van der Waals surface area contributed by atoms with E-state index in [4.69, 9.17) is 11.6 Å². The van der Waals surface area contributed by atoms with E-state index in [0.717, 1.165) is 28.8 Å². The molecule has 0 bridgehead atoms. The molecule has 5 nitrogen and oxygen atoms in total. The Morgan fingerprint density at radius 3 is 2.77 bits per heavy atom. The average Bonchev–Trinajstić information content (AvgIpc) is 2.73. The highest BCUT2D eigenvalue weighted by atomic mass is 35.5. The first kappa shape index (κ1) is 20.4. The number of nitrogens with zero attached hydrogens (tertiary/aromatic N) is 1. The molecule has 1 unspecified atom stereocenters. The number of halogens is 1. The summed E-state index contributed by atoms with van der Waals surface area (Å²) in [5, 5.41) is 6.51. The molecule has 4 rings (SSSR count). The highest BCUT2D eigenvalue weighted by Gasteiger charge is 2.48. The second-order valence-corrected chi connectivity index (χ2v) is 8.34. The molecule has 1 aromatic rings. The quantitative estimate of drug-likeness (QED) is 0.766. The molecule has 1 aliphatic heterocycles. The summed E-state index contributed by atoms with van der Waals surface area (Å²) in [6.45, 7) is 1.38. The molecule has 1 atom stereocenters. The first-order chi connectivity index (χ1) is 14.4. The Hall–Kier alpha value is -2.89. The summed E-state index contributed by atoms with van der Waals surface area (Å²) < 4.78 is 0. The van der Waals surface area contributed by atoms with Crippen molar-refractivity contribution < 1.29 is 9.59 Å². The van der Waals surface area contributed by atoms with Crippen LogP contribution in [0.25, 0.3) is 5.57 Å². The second-order valence-electron chi connectivity index (χ2n) is 7.91. The molecule has 2 N–H and O–H groups in total. The lowest BCUT2D eigenvalue weighted by Crippen LogP contribution is -2.46. The topological polar surface area (TPSA) is 61.4 Å². The van der Waals surface area contributed by atoms with Gasteiger partial charge < -0.3 is 15.5 Å². The van der Waals surface area contributed by atoms with Crippen LogP contribution in [0.4, 0.5) is 0 Å². The van der Waals surface area contributed by atoms with E-state index >= 15 is 0 Å². The third kappa shape index (κ3) is 3.55. The maximum Gasteiger partial charge on any atom is 0.251 e. The lowest BCUT2D eigenvalue weighted by molar-refractivity contribution is -0.126. The van der Waals surface area contributed by atoms with Crippen LogP contribution in [0.1, 0.15) is 22.3 Å². The standard InChI is InChI=1S/C24H24ClN3O2/c1-28(2)13-12-26-22(29)17-8-6-16(7-9-17)20-15-27-23(30)24-11-10-19(25)14-18(24)4-3-5-21(20)24/h3-10,14-15H,11-13H2,1-2H3,(H,26,29)(H,27,30). The van der Waals surface area contributed by atoms with Crippen LogP contribution in [-0.2, 0) is 4.79 Å². The van der Waals surface area contributed by atoms with Gasteiger partial charge >= 0.3 is 0 Å². The number of carbonyl (C=O) groups is 2. The van der Waals surface area contributed by atoms with Gasteiger partial charge in [0.05, 0.1) is 0 Å². The van der Waals surface area contributed by atoms with Gasteiger partial charge in [0.15, 0.2) is 0 Å². The summed E-state index contributed by atoms with van der Waals surface area (Å²) in [5.41, 5.74) is 3.57. The largest absolute Gasteiger partial charge is 0.351 e. The summed E-state index contributed by atoms with van der Waals surface area (Å²) in [4.78, 5) is 27.3. The van der Waals surface area contributed by atoms with Gasteiger partial charge in [-0.25, -0.2) is 0 Å². The monoisotopic (exact) mass is 421 g/mol. The molecule has 0 saturated heterocycles. The molecule has 6 heteroatoms. The fraction of sp³-hybridized carbons (Fsp3) is 0.250. The first-order valence-electron chi connectivity index (χ1n) is 9.93. The van der Waals surface area contributed by atoms with Crippen LogP contribution in [0, 0.1) is 5.41 Å². The highest BCUT2D eigenvalue weighted by molar-refractivity contribution is 6.31. The summed E-state index contributed by atoms with van der Waals surface area (Å²) in [6, 6.07) is 7.48. The Kier molecular flexibility index (Phi) is 5.50. The lowest BCUT2D eigenvalue weighted by Gasteiger charge is -2.42. The molecule has 154 valence electrons. The van der Waals surface area contributed by atoms with E-state index in [1.807, 2.05) is 73.6 Å². The van der Waals surface area contributed by atoms with Crippen LogP contribution < -0.4 is 10.6 Å². The number of hydrogen-bond acceptors (Lipinski definition) is 3. The maximum absolute atomic E-state index is 13.0. The fourth-order valence-electron chi connectivity index (χ4n) is 4.08. The number of hydrogen-bond donors (Lipinski definition) is 2. The van der Waals surface area contributed by atoms with E-state index in [9.17, 15) is 9.59 Å². The third-order valence-electron chi connectivity index (χ3n) is 5.72. The summed E-state index contributed by atoms with van der Waals surface area (Å²) in [7, 11) is 3.94. The molecule has 0 saturated carbocycles. The molecular weight excluding hydrogens is 398 g/mol. The zero-order chi connectivity index (χ0) is 21.3. The molecule has 0 aromatic heterocycles. The molecule has 3 aliphatic rings. The fourth-order valence-corrected chi connectivity index (χ4v) is 4.28. The predicted octanol–water partition coefficient (Wildman–Crippen LogP) is 3.38. The lowest BCUT2D eigenvalue weighted by atomic mass is 9.62. The molecule has 1 heterocycles. The van der Waals surface area contributed by atoms with Crippen LogP contribution >= 0.6 is 11.6 Å². The van der Waals surface area contributed by atoms with Crippen LogP contribution in [0.5, 0.6) is 0 Å². The highest BCUT2D eigenvalue weighted by Crippen LogP contribution is 2.52. The molecular formula is C24H24ClN3O2. The van der Waals surface area contributed by atoms with Crippen molar-refractivity contribution in [1.82, 2.24) is 15.5 Å². The first-order valence-corrected chi connectivity index (χ1v) is 10.3. The smallest absolute Gasteiger partial charge is 0.251 e. The van der Waals surface area contributed by atoms with E-state index in [-0.39, 0.29) is 11.8 Å². The Morgan fingerprint density at radius 2 is 2.03 bits per heavy atom. The number of carbonyl (C=O) groups excluding carboxylic acids is 2. The zero-order valence-electron chi connectivity index (χ0n) is 17.0. The van der Waals surface area contributed by atoms with Gasteiger partial charge in [0, 0.05) is 35.5 Å². The maximum atomic E-state index is 13.0. The van der Waals surface area contributed by atoms with Gasteiger partial charge in [-0.15, -0.1) is 0 Å². The number of benzene rings is 1. The summed E-state index contributed by atoms with van der Waals surface area (Å²) >= 11 is 6.21. The number of likely N-dealkylation sites (N-methyl/N-ethyl adjacent to an activating group) is 1. The van der Waals surface area contributed by atoms with E-state index < -0.39 is 5.41 Å². The van der Waals surface area contributed by atoms with Crippen molar-refractivity contribution in [3.8, 4) is 0 Å². The van der Waals surface area contributed by atoms with E-state index in [1.54, 1.807) is 6.20 Å². The van der Waals surface area contributed by atoms with Gasteiger partial charge in [0.25, 0.3) is 5.91 Å². The average molecular weight is 422 g/mol. The molecule has 0 radical (unpaired) electrons. The second kappa shape index (κ2) is 8.09. The molecule has 1 aromatic carbocycles. The zero-order valence-corrected chi connectivity index (χ0v) is 17.8. The van der Waals surface area contributed by atoms with Crippen molar-refractivity contribution in [2.45, 2.75) is 6.42 Å². The molecule has 30 heavy (non-hydrogen) atoms. The van der Waals surface area contributed by atoms with Crippen molar-refractivity contribution in [3.05, 3.63) is 88.2 Å². The van der Waals surface area contributed by atoms with Crippen molar-refractivity contribution >= 4 is 29.0 Å². The predicted molar refractivity (Wildman–Crippen MR) is 120 cm³/mol. The van der Waals surface area contributed by atoms with Gasteiger partial charge in [-0.3, -0.25) is 9.59 Å². The minimum atomic E-state index is -0.764. The van der Waals surface area contributed by atoms with Crippen molar-refractivity contribution in [3.63, 3.8) is 0 Å². The minimum Gasteiger partial charge on any atom is -0.351 e. The minimum absolute atomic E-state index is 0.0505. The van der Waals surface area contributed by atoms with Crippen molar-refractivity contribution in [2.75, 3.05) is 27.2 Å². The number of allylic oxidation sites excluding steroid dienone is 7. The van der Waals surface area contributed by atoms with E-state index in [1.165, 1.54) is 0 Å². The number of rotatable bonds is 5. The number of amides is 2. The third-order valence-corrected chi connectivity index (χ3v) is 5.98. The molecule has 2 amide bonds. The van der Waals surface area contributed by atoms with Crippen molar-refractivity contribution in [1.29, 1.82) is 0 Å². The van der Waals surface area contributed by atoms with Crippen LogP contribution in [0.2, 0.25) is 0 Å². The Labute approximate surface area is 181 Å². The van der Waals surface area contributed by atoms with Gasteiger partial charge in [0.2, 0.25) is 5.91 Å². The molecule has 0 fully saturated rings. The summed E-state index contributed by atoms with van der Waals surface area (Å²) in [5.74, 6) is -0.145. The SMILES string of the molecule is CN(C)CCNC(=O)c1ccc(C2=CNC(=O)C34CC=C(Cl)C=C3C=CC=C24)cc1.